The summed E-state index contributed by atoms with van der Waals surface area (Å²) in [4.78, 5) is -0.931. The highest BCUT2D eigenvalue weighted by molar-refractivity contribution is 7.89. The normalized spacial score (nSPS) is 13.8. The van der Waals surface area contributed by atoms with Crippen molar-refractivity contribution in [1.82, 2.24) is 4.31 Å². The largest absolute Gasteiger partial charge is 0.393 e. The maximum absolute atomic E-state index is 13.4. The molecule has 1 rings (SSSR count). The van der Waals surface area contributed by atoms with Gasteiger partial charge in [-0.3, -0.25) is 0 Å². The third-order valence-electron chi connectivity index (χ3n) is 2.52. The number of nitrogens with zero attached hydrogens (tertiary/aromatic N) is 1. The summed E-state index contributed by atoms with van der Waals surface area (Å²) in [6.07, 6.45) is -0.589. The van der Waals surface area contributed by atoms with E-state index in [2.05, 4.69) is 0 Å². The lowest BCUT2D eigenvalue weighted by Crippen LogP contribution is -2.30. The number of hydrogen-bond donors (Lipinski definition) is 1. The van der Waals surface area contributed by atoms with Gasteiger partial charge in [-0.1, -0.05) is 0 Å². The Morgan fingerprint density at radius 2 is 1.74 bits per heavy atom. The highest BCUT2D eigenvalue weighted by atomic mass is 32.2. The van der Waals surface area contributed by atoms with E-state index in [1.165, 1.54) is 14.0 Å². The summed E-state index contributed by atoms with van der Waals surface area (Å²) < 4.78 is 63.8. The average molecular weight is 297 g/mol. The first-order valence-corrected chi connectivity index (χ1v) is 6.89. The molecule has 0 radical (unpaired) electrons. The third kappa shape index (κ3) is 3.68. The number of rotatable bonds is 5. The molecule has 19 heavy (non-hydrogen) atoms. The van der Waals surface area contributed by atoms with Crippen molar-refractivity contribution in [1.29, 1.82) is 0 Å². The Hall–Kier alpha value is -1.12. The van der Waals surface area contributed by atoms with Crippen LogP contribution in [0.15, 0.2) is 17.0 Å². The Labute approximate surface area is 109 Å². The number of benzene rings is 1. The molecule has 0 amide bonds. The monoisotopic (exact) mass is 297 g/mol. The lowest BCUT2D eigenvalue weighted by Gasteiger charge is -2.18. The van der Waals surface area contributed by atoms with Crippen molar-refractivity contribution in [3.05, 3.63) is 29.6 Å². The van der Waals surface area contributed by atoms with Crippen LogP contribution >= 0.6 is 0 Å². The molecule has 1 aromatic rings. The van der Waals surface area contributed by atoms with Crippen LogP contribution in [0.4, 0.5) is 13.2 Å². The van der Waals surface area contributed by atoms with Gasteiger partial charge in [-0.15, -0.1) is 0 Å². The minimum atomic E-state index is -4.26. The van der Waals surface area contributed by atoms with Gasteiger partial charge in [0.25, 0.3) is 0 Å². The van der Waals surface area contributed by atoms with E-state index in [0.29, 0.717) is 6.07 Å². The van der Waals surface area contributed by atoms with Crippen LogP contribution in [-0.4, -0.2) is 37.5 Å². The predicted octanol–water partition coefficient (Wildman–Crippen LogP) is 1.50. The molecule has 0 saturated carbocycles. The van der Waals surface area contributed by atoms with Crippen molar-refractivity contribution in [2.24, 2.45) is 0 Å². The molecule has 1 atom stereocenters. The van der Waals surface area contributed by atoms with Gasteiger partial charge in [0.05, 0.1) is 6.10 Å². The Bertz CT molecular complexity index is 561. The van der Waals surface area contributed by atoms with E-state index in [-0.39, 0.29) is 19.0 Å². The summed E-state index contributed by atoms with van der Waals surface area (Å²) in [5.41, 5.74) is 0. The molecule has 0 aliphatic heterocycles. The first-order valence-electron chi connectivity index (χ1n) is 5.45. The van der Waals surface area contributed by atoms with Gasteiger partial charge in [0.15, 0.2) is 11.6 Å². The molecule has 0 heterocycles. The molecule has 0 spiro atoms. The molecule has 0 aliphatic carbocycles. The molecule has 1 aromatic carbocycles. The average Bonchev–Trinajstić information content (AvgIpc) is 2.30. The molecule has 0 saturated heterocycles. The zero-order valence-corrected chi connectivity index (χ0v) is 11.2. The molecule has 108 valence electrons. The molecule has 0 fully saturated rings. The van der Waals surface area contributed by atoms with Gasteiger partial charge in [0.1, 0.15) is 10.7 Å². The maximum atomic E-state index is 13.4. The van der Waals surface area contributed by atoms with Crippen LogP contribution in [-0.2, 0) is 10.0 Å². The Morgan fingerprint density at radius 1 is 1.21 bits per heavy atom. The van der Waals surface area contributed by atoms with E-state index in [4.69, 9.17) is 5.11 Å². The van der Waals surface area contributed by atoms with Gasteiger partial charge in [0, 0.05) is 19.7 Å². The van der Waals surface area contributed by atoms with E-state index >= 15 is 0 Å². The minimum Gasteiger partial charge on any atom is -0.393 e. The molecular formula is C11H14F3NO3S. The first-order chi connectivity index (χ1) is 8.66. The van der Waals surface area contributed by atoms with E-state index < -0.39 is 38.5 Å². The van der Waals surface area contributed by atoms with Crippen LogP contribution in [0.5, 0.6) is 0 Å². The Morgan fingerprint density at radius 3 is 2.26 bits per heavy atom. The molecule has 0 bridgehead atoms. The van der Waals surface area contributed by atoms with Crippen molar-refractivity contribution in [3.8, 4) is 0 Å². The minimum absolute atomic E-state index is 0.0710. The summed E-state index contributed by atoms with van der Waals surface area (Å²) >= 11 is 0. The van der Waals surface area contributed by atoms with Crippen LogP contribution in [0.1, 0.15) is 13.3 Å². The standard InChI is InChI=1S/C11H14F3NO3S/c1-7(16)3-4-15(2)19(17,18)11-6-9(13)8(12)5-10(11)14/h5-7,16H,3-4H2,1-2H3. The predicted molar refractivity (Wildman–Crippen MR) is 62.4 cm³/mol. The summed E-state index contributed by atoms with van der Waals surface area (Å²) in [6, 6.07) is 0.490. The second kappa shape index (κ2) is 5.89. The van der Waals surface area contributed by atoms with Gasteiger partial charge in [-0.25, -0.2) is 25.9 Å². The molecule has 0 aromatic heterocycles. The lowest BCUT2D eigenvalue weighted by molar-refractivity contribution is 0.177. The van der Waals surface area contributed by atoms with Crippen molar-refractivity contribution < 1.29 is 26.7 Å². The van der Waals surface area contributed by atoms with E-state index in [1.807, 2.05) is 0 Å². The fourth-order valence-electron chi connectivity index (χ4n) is 1.36. The zero-order chi connectivity index (χ0) is 14.8. The Balaban J connectivity index is 3.10. The van der Waals surface area contributed by atoms with E-state index in [1.54, 1.807) is 0 Å². The summed E-state index contributed by atoms with van der Waals surface area (Å²) in [6.45, 7) is 1.40. The van der Waals surface area contributed by atoms with Crippen LogP contribution < -0.4 is 0 Å². The smallest absolute Gasteiger partial charge is 0.245 e. The number of aliphatic hydroxyl groups excluding tert-OH is 1. The van der Waals surface area contributed by atoms with Gasteiger partial charge < -0.3 is 5.11 Å². The van der Waals surface area contributed by atoms with Crippen LogP contribution in [0.2, 0.25) is 0 Å². The second-order valence-corrected chi connectivity index (χ2v) is 6.17. The fraction of sp³-hybridized carbons (Fsp3) is 0.455. The molecule has 1 unspecified atom stereocenters. The highest BCUT2D eigenvalue weighted by Gasteiger charge is 2.26. The third-order valence-corrected chi connectivity index (χ3v) is 4.40. The molecule has 4 nitrogen and oxygen atoms in total. The molecule has 0 aliphatic rings. The molecule has 8 heteroatoms. The number of hydrogen-bond acceptors (Lipinski definition) is 3. The van der Waals surface area contributed by atoms with E-state index in [0.717, 1.165) is 4.31 Å². The SMILES string of the molecule is CC(O)CCN(C)S(=O)(=O)c1cc(F)c(F)cc1F. The van der Waals surface area contributed by atoms with Crippen molar-refractivity contribution >= 4 is 10.0 Å². The van der Waals surface area contributed by atoms with Gasteiger partial charge in [0.2, 0.25) is 10.0 Å². The lowest BCUT2D eigenvalue weighted by atomic mass is 10.3. The first kappa shape index (κ1) is 15.9. The van der Waals surface area contributed by atoms with Crippen LogP contribution in [0.25, 0.3) is 0 Å². The number of aliphatic hydroxyl groups is 1. The van der Waals surface area contributed by atoms with Crippen molar-refractivity contribution in [2.75, 3.05) is 13.6 Å². The summed E-state index contributed by atoms with van der Waals surface area (Å²) in [7, 11) is -3.10. The second-order valence-electron chi connectivity index (χ2n) is 4.16. The van der Waals surface area contributed by atoms with Crippen molar-refractivity contribution in [3.63, 3.8) is 0 Å². The summed E-state index contributed by atoms with van der Waals surface area (Å²) in [5.74, 6) is -4.25. The topological polar surface area (TPSA) is 57.6 Å². The van der Waals surface area contributed by atoms with Gasteiger partial charge in [-0.2, -0.15) is 0 Å². The maximum Gasteiger partial charge on any atom is 0.245 e. The van der Waals surface area contributed by atoms with E-state index in [9.17, 15) is 21.6 Å². The van der Waals surface area contributed by atoms with Gasteiger partial charge >= 0.3 is 0 Å². The molecule has 1 N–H and O–H groups in total. The number of halogens is 3. The van der Waals surface area contributed by atoms with Crippen LogP contribution in [0, 0.1) is 17.5 Å². The highest BCUT2D eigenvalue weighted by Crippen LogP contribution is 2.21. The van der Waals surface area contributed by atoms with Crippen LogP contribution in [0.3, 0.4) is 0 Å². The fourth-order valence-corrected chi connectivity index (χ4v) is 2.60. The van der Waals surface area contributed by atoms with Crippen molar-refractivity contribution in [2.45, 2.75) is 24.3 Å². The van der Waals surface area contributed by atoms with Gasteiger partial charge in [-0.05, 0) is 19.4 Å². The number of sulfonamides is 1. The molecular weight excluding hydrogens is 283 g/mol. The zero-order valence-electron chi connectivity index (χ0n) is 10.4. The quantitative estimate of drug-likeness (QED) is 0.838. The summed E-state index contributed by atoms with van der Waals surface area (Å²) in [5, 5.41) is 9.07. The Kier molecular flexibility index (Phi) is 4.94.